The van der Waals surface area contributed by atoms with Crippen LogP contribution in [0.2, 0.25) is 0 Å². The van der Waals surface area contributed by atoms with Gasteiger partial charge in [-0.3, -0.25) is 0 Å². The molecular weight excluding hydrogens is 266 g/mol. The fraction of sp³-hybridized carbons (Fsp3) is 0.524. The Kier molecular flexibility index (Phi) is 4.16. The molecule has 0 aromatic heterocycles. The second-order valence-corrected chi connectivity index (χ2v) is 7.06. The standard InChI is InChI=1S/C21H29N/c1-5-7-10-17-12-13-18-19(15-17)21(4,6-2)16(3)22-14-9-8-11-20(18)22/h8-9,11-13,15-16H,5-7,10,14H2,1-4H3/t16-,21?/m1/s1. The molecule has 0 fully saturated rings. The molecule has 1 nitrogen and oxygen atoms in total. The van der Waals surface area contributed by atoms with Crippen molar-refractivity contribution in [1.82, 2.24) is 4.90 Å². The van der Waals surface area contributed by atoms with Crippen LogP contribution in [0.1, 0.15) is 63.6 Å². The molecular formula is C21H29N. The molecule has 1 unspecified atom stereocenters. The summed E-state index contributed by atoms with van der Waals surface area (Å²) in [5.41, 5.74) is 6.17. The van der Waals surface area contributed by atoms with Gasteiger partial charge in [0, 0.05) is 29.3 Å². The van der Waals surface area contributed by atoms with E-state index in [1.165, 1.54) is 42.5 Å². The molecule has 0 N–H and O–H groups in total. The van der Waals surface area contributed by atoms with Gasteiger partial charge in [0.05, 0.1) is 0 Å². The number of allylic oxidation sites excluding steroid dienone is 2. The normalized spacial score (nSPS) is 26.5. The first-order valence-corrected chi connectivity index (χ1v) is 8.89. The lowest BCUT2D eigenvalue weighted by Crippen LogP contribution is -2.50. The van der Waals surface area contributed by atoms with Crippen LogP contribution in [-0.2, 0) is 11.8 Å². The predicted octanol–water partition coefficient (Wildman–Crippen LogP) is 5.31. The largest absolute Gasteiger partial charge is 0.364 e. The van der Waals surface area contributed by atoms with E-state index in [-0.39, 0.29) is 5.41 Å². The van der Waals surface area contributed by atoms with Gasteiger partial charge in [-0.25, -0.2) is 0 Å². The Labute approximate surface area is 135 Å². The van der Waals surface area contributed by atoms with Crippen LogP contribution in [0.25, 0.3) is 5.70 Å². The number of hydrogen-bond acceptors (Lipinski definition) is 1. The van der Waals surface area contributed by atoms with Gasteiger partial charge in [0.15, 0.2) is 0 Å². The van der Waals surface area contributed by atoms with Gasteiger partial charge in [-0.2, -0.15) is 0 Å². The van der Waals surface area contributed by atoms with E-state index in [9.17, 15) is 0 Å². The van der Waals surface area contributed by atoms with Crippen LogP contribution in [0.15, 0.2) is 36.4 Å². The summed E-state index contributed by atoms with van der Waals surface area (Å²) >= 11 is 0. The van der Waals surface area contributed by atoms with Crippen LogP contribution in [-0.4, -0.2) is 17.5 Å². The minimum absolute atomic E-state index is 0.236. The molecule has 1 aromatic rings. The maximum atomic E-state index is 2.58. The Morgan fingerprint density at radius 3 is 2.82 bits per heavy atom. The lowest BCUT2D eigenvalue weighted by Gasteiger charge is -2.50. The summed E-state index contributed by atoms with van der Waals surface area (Å²) in [6, 6.07) is 7.76. The van der Waals surface area contributed by atoms with Crippen molar-refractivity contribution in [3.8, 4) is 0 Å². The lowest BCUT2D eigenvalue weighted by molar-refractivity contribution is 0.200. The van der Waals surface area contributed by atoms with Crippen LogP contribution in [0.4, 0.5) is 0 Å². The molecule has 0 amide bonds. The Bertz CT molecular complexity index is 610. The SMILES string of the molecule is CCCCc1ccc2c(c1)C(C)(CC)[C@@H](C)N1CC=CC=C21. The van der Waals surface area contributed by atoms with Crippen molar-refractivity contribution in [2.24, 2.45) is 0 Å². The van der Waals surface area contributed by atoms with E-state index >= 15 is 0 Å². The third kappa shape index (κ3) is 2.31. The number of aryl methyl sites for hydroxylation is 1. The Hall–Kier alpha value is -1.50. The molecule has 0 saturated heterocycles. The summed E-state index contributed by atoms with van der Waals surface area (Å²) in [5, 5.41) is 0. The van der Waals surface area contributed by atoms with E-state index in [4.69, 9.17) is 0 Å². The third-order valence-electron chi connectivity index (χ3n) is 5.92. The fourth-order valence-electron chi connectivity index (χ4n) is 4.02. The van der Waals surface area contributed by atoms with Crippen LogP contribution < -0.4 is 0 Å². The number of benzene rings is 1. The smallest absolute Gasteiger partial charge is 0.0448 e. The summed E-state index contributed by atoms with van der Waals surface area (Å²) in [7, 11) is 0. The average Bonchev–Trinajstić information content (AvgIpc) is 2.57. The molecule has 0 saturated carbocycles. The molecule has 3 rings (SSSR count). The summed E-state index contributed by atoms with van der Waals surface area (Å²) in [6.07, 6.45) is 11.7. The van der Waals surface area contributed by atoms with E-state index in [2.05, 4.69) is 69.0 Å². The number of fused-ring (bicyclic) bond motifs is 3. The first-order chi connectivity index (χ1) is 10.6. The predicted molar refractivity (Wildman–Crippen MR) is 96.0 cm³/mol. The topological polar surface area (TPSA) is 3.24 Å². The molecule has 118 valence electrons. The molecule has 22 heavy (non-hydrogen) atoms. The van der Waals surface area contributed by atoms with Gasteiger partial charge in [0.2, 0.25) is 0 Å². The Morgan fingerprint density at radius 1 is 1.27 bits per heavy atom. The molecule has 1 heteroatoms. The van der Waals surface area contributed by atoms with E-state index in [0.717, 1.165) is 6.54 Å². The van der Waals surface area contributed by atoms with Crippen molar-refractivity contribution in [3.05, 3.63) is 53.1 Å². The number of rotatable bonds is 4. The van der Waals surface area contributed by atoms with Gasteiger partial charge in [-0.15, -0.1) is 0 Å². The van der Waals surface area contributed by atoms with E-state index in [1.807, 2.05) is 0 Å². The van der Waals surface area contributed by atoms with E-state index < -0.39 is 0 Å². The minimum Gasteiger partial charge on any atom is -0.364 e. The van der Waals surface area contributed by atoms with Crippen molar-refractivity contribution in [3.63, 3.8) is 0 Å². The monoisotopic (exact) mass is 295 g/mol. The van der Waals surface area contributed by atoms with Crippen LogP contribution in [0.5, 0.6) is 0 Å². The van der Waals surface area contributed by atoms with E-state index in [0.29, 0.717) is 6.04 Å². The lowest BCUT2D eigenvalue weighted by atomic mass is 9.68. The van der Waals surface area contributed by atoms with Crippen molar-refractivity contribution < 1.29 is 0 Å². The highest BCUT2D eigenvalue weighted by Crippen LogP contribution is 2.46. The van der Waals surface area contributed by atoms with Gasteiger partial charge >= 0.3 is 0 Å². The fourth-order valence-corrected chi connectivity index (χ4v) is 4.02. The van der Waals surface area contributed by atoms with E-state index in [1.54, 1.807) is 5.56 Å². The van der Waals surface area contributed by atoms with Gasteiger partial charge < -0.3 is 4.90 Å². The quantitative estimate of drug-likeness (QED) is 0.727. The van der Waals surface area contributed by atoms with Gasteiger partial charge in [0.1, 0.15) is 0 Å². The molecule has 1 aromatic carbocycles. The number of nitrogens with zero attached hydrogens (tertiary/aromatic N) is 1. The number of unbranched alkanes of at least 4 members (excludes halogenated alkanes) is 1. The second kappa shape index (κ2) is 5.95. The highest BCUT2D eigenvalue weighted by molar-refractivity contribution is 5.73. The summed E-state index contributed by atoms with van der Waals surface area (Å²) in [5.74, 6) is 0. The van der Waals surface area contributed by atoms with Crippen molar-refractivity contribution in [2.45, 2.75) is 64.8 Å². The summed E-state index contributed by atoms with van der Waals surface area (Å²) in [6.45, 7) is 10.5. The van der Waals surface area contributed by atoms with Crippen molar-refractivity contribution in [1.29, 1.82) is 0 Å². The highest BCUT2D eigenvalue weighted by atomic mass is 15.2. The molecule has 2 atom stereocenters. The zero-order valence-corrected chi connectivity index (χ0v) is 14.5. The molecule has 0 spiro atoms. The second-order valence-electron chi connectivity index (χ2n) is 7.06. The Morgan fingerprint density at radius 2 is 2.09 bits per heavy atom. The minimum atomic E-state index is 0.236. The van der Waals surface area contributed by atoms with Crippen molar-refractivity contribution in [2.75, 3.05) is 6.54 Å². The molecule has 0 bridgehead atoms. The average molecular weight is 295 g/mol. The summed E-state index contributed by atoms with van der Waals surface area (Å²) in [4.78, 5) is 2.58. The maximum Gasteiger partial charge on any atom is 0.0448 e. The first-order valence-electron chi connectivity index (χ1n) is 8.89. The highest BCUT2D eigenvalue weighted by Gasteiger charge is 2.42. The number of hydrogen-bond donors (Lipinski definition) is 0. The molecule has 2 aliphatic rings. The first kappa shape index (κ1) is 15.4. The Balaban J connectivity index is 2.12. The third-order valence-corrected chi connectivity index (χ3v) is 5.92. The van der Waals surface area contributed by atoms with Gasteiger partial charge in [-0.1, -0.05) is 57.5 Å². The van der Waals surface area contributed by atoms with Crippen molar-refractivity contribution >= 4 is 5.70 Å². The zero-order valence-electron chi connectivity index (χ0n) is 14.5. The maximum absolute atomic E-state index is 2.58. The molecule has 0 radical (unpaired) electrons. The van der Waals surface area contributed by atoms with Gasteiger partial charge in [0.25, 0.3) is 0 Å². The molecule has 2 heterocycles. The van der Waals surface area contributed by atoms with Gasteiger partial charge in [-0.05, 0) is 43.4 Å². The summed E-state index contributed by atoms with van der Waals surface area (Å²) < 4.78 is 0. The van der Waals surface area contributed by atoms with Crippen LogP contribution in [0, 0.1) is 0 Å². The van der Waals surface area contributed by atoms with Crippen LogP contribution in [0.3, 0.4) is 0 Å². The zero-order chi connectivity index (χ0) is 15.7. The van der Waals surface area contributed by atoms with Crippen LogP contribution >= 0.6 is 0 Å². The molecule has 2 aliphatic heterocycles. The molecule has 0 aliphatic carbocycles.